The summed E-state index contributed by atoms with van der Waals surface area (Å²) in [5.41, 5.74) is 0.0297. The molecule has 82 valence electrons. The van der Waals surface area contributed by atoms with Gasteiger partial charge in [0.05, 0.1) is 17.3 Å². The fraction of sp³-hybridized carbons (Fsp3) is 0.300. The van der Waals surface area contributed by atoms with Crippen LogP contribution < -0.4 is 10.6 Å². The van der Waals surface area contributed by atoms with Crippen LogP contribution >= 0.6 is 11.6 Å². The highest BCUT2D eigenvalue weighted by molar-refractivity contribution is 6.33. The molecule has 0 aliphatic carbocycles. The predicted octanol–water partition coefficient (Wildman–Crippen LogP) is 2.03. The van der Waals surface area contributed by atoms with E-state index in [0.717, 1.165) is 0 Å². The molecular formula is C10H12ClFN2O. The van der Waals surface area contributed by atoms with Crippen LogP contribution in [0.1, 0.15) is 6.92 Å². The Morgan fingerprint density at radius 2 is 2.27 bits per heavy atom. The Morgan fingerprint density at radius 3 is 2.87 bits per heavy atom. The molecule has 2 N–H and O–H groups in total. The Hall–Kier alpha value is -1.13. The summed E-state index contributed by atoms with van der Waals surface area (Å²) in [4.78, 5) is 11.3. The molecule has 1 aromatic rings. The third-order valence-corrected chi connectivity index (χ3v) is 2.08. The van der Waals surface area contributed by atoms with Gasteiger partial charge in [-0.05, 0) is 18.7 Å². The average molecular weight is 231 g/mol. The molecular weight excluding hydrogens is 219 g/mol. The minimum Gasteiger partial charge on any atom is -0.321 e. The van der Waals surface area contributed by atoms with Crippen molar-refractivity contribution in [3.63, 3.8) is 0 Å². The van der Waals surface area contributed by atoms with Gasteiger partial charge in [0.15, 0.2) is 0 Å². The zero-order chi connectivity index (χ0) is 11.3. The van der Waals surface area contributed by atoms with Crippen molar-refractivity contribution in [2.24, 2.45) is 0 Å². The molecule has 5 heteroatoms. The highest BCUT2D eigenvalue weighted by Crippen LogP contribution is 2.24. The Bertz CT molecular complexity index is 337. The summed E-state index contributed by atoms with van der Waals surface area (Å²) in [7, 11) is 0. The molecule has 0 atom stereocenters. The smallest absolute Gasteiger partial charge is 0.238 e. The molecule has 0 radical (unpaired) electrons. The van der Waals surface area contributed by atoms with Crippen LogP contribution in [-0.2, 0) is 4.79 Å². The van der Waals surface area contributed by atoms with Crippen molar-refractivity contribution in [2.45, 2.75) is 6.92 Å². The minimum atomic E-state index is -0.535. The third-order valence-electron chi connectivity index (χ3n) is 1.76. The van der Waals surface area contributed by atoms with Crippen molar-refractivity contribution in [1.29, 1.82) is 0 Å². The summed E-state index contributed by atoms with van der Waals surface area (Å²) >= 11 is 5.73. The van der Waals surface area contributed by atoms with Gasteiger partial charge in [0.2, 0.25) is 5.91 Å². The topological polar surface area (TPSA) is 41.1 Å². The van der Waals surface area contributed by atoms with E-state index in [1.807, 2.05) is 6.92 Å². The van der Waals surface area contributed by atoms with Gasteiger partial charge in [-0.25, -0.2) is 4.39 Å². The molecule has 0 aromatic heterocycles. The highest BCUT2D eigenvalue weighted by atomic mass is 35.5. The molecule has 1 amide bonds. The molecule has 0 aliphatic heterocycles. The van der Waals surface area contributed by atoms with Crippen molar-refractivity contribution in [3.05, 3.63) is 29.0 Å². The molecule has 0 unspecified atom stereocenters. The van der Waals surface area contributed by atoms with Crippen molar-refractivity contribution < 1.29 is 9.18 Å². The molecule has 3 nitrogen and oxygen atoms in total. The van der Waals surface area contributed by atoms with E-state index in [0.29, 0.717) is 6.54 Å². The zero-order valence-electron chi connectivity index (χ0n) is 8.31. The first-order chi connectivity index (χ1) is 7.15. The molecule has 15 heavy (non-hydrogen) atoms. The maximum absolute atomic E-state index is 13.2. The van der Waals surface area contributed by atoms with E-state index in [1.165, 1.54) is 18.2 Å². The molecule has 0 fully saturated rings. The minimum absolute atomic E-state index is 0.0297. The molecule has 0 saturated heterocycles. The van der Waals surface area contributed by atoms with E-state index in [9.17, 15) is 9.18 Å². The Labute approximate surface area is 92.6 Å². The summed E-state index contributed by atoms with van der Waals surface area (Å²) in [6, 6.07) is 4.25. The van der Waals surface area contributed by atoms with Crippen LogP contribution in [0, 0.1) is 5.82 Å². The molecule has 1 rings (SSSR count). The number of para-hydroxylation sites is 1. The van der Waals surface area contributed by atoms with E-state index in [1.54, 1.807) is 0 Å². The van der Waals surface area contributed by atoms with Gasteiger partial charge in [-0.2, -0.15) is 0 Å². The summed E-state index contributed by atoms with van der Waals surface area (Å²) in [5.74, 6) is -0.851. The van der Waals surface area contributed by atoms with Crippen molar-refractivity contribution in [1.82, 2.24) is 5.32 Å². The number of halogens is 2. The first-order valence-corrected chi connectivity index (χ1v) is 4.97. The largest absolute Gasteiger partial charge is 0.321 e. The number of anilines is 1. The molecule has 0 aliphatic rings. The van der Waals surface area contributed by atoms with Crippen molar-refractivity contribution in [2.75, 3.05) is 18.4 Å². The second kappa shape index (κ2) is 5.68. The SMILES string of the molecule is CCNCC(=O)Nc1c(F)cccc1Cl. The zero-order valence-corrected chi connectivity index (χ0v) is 9.07. The third kappa shape index (κ3) is 3.49. The Balaban J connectivity index is 2.68. The van der Waals surface area contributed by atoms with Crippen LogP contribution in [0.15, 0.2) is 18.2 Å². The van der Waals surface area contributed by atoms with Gasteiger partial charge in [-0.15, -0.1) is 0 Å². The van der Waals surface area contributed by atoms with E-state index >= 15 is 0 Å². The number of benzene rings is 1. The van der Waals surface area contributed by atoms with E-state index in [4.69, 9.17) is 11.6 Å². The lowest BCUT2D eigenvalue weighted by Crippen LogP contribution is -2.28. The fourth-order valence-corrected chi connectivity index (χ4v) is 1.25. The van der Waals surface area contributed by atoms with Gasteiger partial charge < -0.3 is 10.6 Å². The van der Waals surface area contributed by atoms with E-state index in [2.05, 4.69) is 10.6 Å². The quantitative estimate of drug-likeness (QED) is 0.831. The van der Waals surface area contributed by atoms with Crippen LogP contribution in [0.5, 0.6) is 0 Å². The van der Waals surface area contributed by atoms with Crippen LogP contribution in [0.2, 0.25) is 5.02 Å². The maximum Gasteiger partial charge on any atom is 0.238 e. The molecule has 1 aromatic carbocycles. The summed E-state index contributed by atoms with van der Waals surface area (Å²) in [5, 5.41) is 5.43. The van der Waals surface area contributed by atoms with E-state index < -0.39 is 5.82 Å². The number of rotatable bonds is 4. The Kier molecular flexibility index (Phi) is 4.52. The number of carbonyl (C=O) groups excluding carboxylic acids is 1. The fourth-order valence-electron chi connectivity index (χ4n) is 1.04. The number of hydrogen-bond donors (Lipinski definition) is 2. The molecule has 0 saturated carbocycles. The van der Waals surface area contributed by atoms with Crippen molar-refractivity contribution in [3.8, 4) is 0 Å². The standard InChI is InChI=1S/C10H12ClFN2O/c1-2-13-6-9(15)14-10-7(11)4-3-5-8(10)12/h3-5,13H,2,6H2,1H3,(H,14,15). The number of nitrogens with one attached hydrogen (secondary N) is 2. The second-order valence-corrected chi connectivity index (χ2v) is 3.33. The summed E-state index contributed by atoms with van der Waals surface area (Å²) < 4.78 is 13.2. The normalized spacial score (nSPS) is 10.1. The Morgan fingerprint density at radius 1 is 1.53 bits per heavy atom. The van der Waals surface area contributed by atoms with Gasteiger partial charge in [0.1, 0.15) is 5.82 Å². The molecule has 0 bridgehead atoms. The highest BCUT2D eigenvalue weighted by Gasteiger charge is 2.09. The monoisotopic (exact) mass is 230 g/mol. The van der Waals surface area contributed by atoms with Crippen LogP contribution in [0.25, 0.3) is 0 Å². The first kappa shape index (κ1) is 11.9. The van der Waals surface area contributed by atoms with Gasteiger partial charge >= 0.3 is 0 Å². The number of likely N-dealkylation sites (N-methyl/N-ethyl adjacent to an activating group) is 1. The maximum atomic E-state index is 13.2. The average Bonchev–Trinajstić information content (AvgIpc) is 2.21. The van der Waals surface area contributed by atoms with Crippen LogP contribution in [-0.4, -0.2) is 19.0 Å². The van der Waals surface area contributed by atoms with Crippen molar-refractivity contribution >= 4 is 23.2 Å². The lowest BCUT2D eigenvalue weighted by Gasteiger charge is -2.08. The lowest BCUT2D eigenvalue weighted by molar-refractivity contribution is -0.115. The van der Waals surface area contributed by atoms with Gasteiger partial charge in [0.25, 0.3) is 0 Å². The second-order valence-electron chi connectivity index (χ2n) is 2.93. The van der Waals surface area contributed by atoms with Gasteiger partial charge in [-0.3, -0.25) is 4.79 Å². The predicted molar refractivity (Wildman–Crippen MR) is 58.6 cm³/mol. The lowest BCUT2D eigenvalue weighted by atomic mass is 10.3. The van der Waals surface area contributed by atoms with E-state index in [-0.39, 0.29) is 23.2 Å². The van der Waals surface area contributed by atoms with Crippen LogP contribution in [0.4, 0.5) is 10.1 Å². The summed E-state index contributed by atoms with van der Waals surface area (Å²) in [6.45, 7) is 2.70. The number of amides is 1. The van der Waals surface area contributed by atoms with Gasteiger partial charge in [0, 0.05) is 0 Å². The first-order valence-electron chi connectivity index (χ1n) is 4.59. The summed E-state index contributed by atoms with van der Waals surface area (Å²) in [6.07, 6.45) is 0. The number of carbonyl (C=O) groups is 1. The molecule has 0 heterocycles. The molecule has 0 spiro atoms. The van der Waals surface area contributed by atoms with Gasteiger partial charge in [-0.1, -0.05) is 24.6 Å². The number of hydrogen-bond acceptors (Lipinski definition) is 2. The van der Waals surface area contributed by atoms with Crippen LogP contribution in [0.3, 0.4) is 0 Å².